The molecule has 0 amide bonds. The van der Waals surface area contributed by atoms with E-state index >= 15 is 4.39 Å². The number of likely N-dealkylation sites (N-methyl/N-ethyl adjacent to an activating group) is 1. The number of aryl methyl sites for hydroxylation is 2. The molecular weight excluding hydrogens is 501 g/mol. The van der Waals surface area contributed by atoms with Crippen LogP contribution in [0.1, 0.15) is 24.3 Å². The molecule has 0 saturated carbocycles. The molecular formula is C26H31ClFN5O4. The fourth-order valence-corrected chi connectivity index (χ4v) is 5.34. The quantitative estimate of drug-likeness (QED) is 0.449. The summed E-state index contributed by atoms with van der Waals surface area (Å²) in [5.74, 6) is 1.20. The molecule has 198 valence electrons. The normalized spacial score (nSPS) is 17.6. The minimum Gasteiger partial charge on any atom is -0.491 e. The number of nitrogens with one attached hydrogen (secondary N) is 1. The van der Waals surface area contributed by atoms with Gasteiger partial charge in [-0.1, -0.05) is 16.8 Å². The van der Waals surface area contributed by atoms with Crippen LogP contribution in [0.3, 0.4) is 0 Å². The first-order valence-corrected chi connectivity index (χ1v) is 12.8. The van der Waals surface area contributed by atoms with Crippen molar-refractivity contribution in [2.24, 2.45) is 5.41 Å². The molecule has 0 radical (unpaired) electrons. The molecule has 4 heterocycles. The molecule has 2 aliphatic rings. The van der Waals surface area contributed by atoms with E-state index in [-0.39, 0.29) is 23.4 Å². The number of benzene rings is 1. The van der Waals surface area contributed by atoms with Crippen molar-refractivity contribution in [3.8, 4) is 28.4 Å². The zero-order chi connectivity index (χ0) is 26.2. The lowest BCUT2D eigenvalue weighted by atomic mass is 9.73. The molecule has 1 spiro atoms. The van der Waals surface area contributed by atoms with Crippen molar-refractivity contribution in [3.63, 3.8) is 0 Å². The fourth-order valence-electron chi connectivity index (χ4n) is 5.04. The summed E-state index contributed by atoms with van der Waals surface area (Å²) in [6.45, 7) is 7.13. The Hall–Kier alpha value is -2.79. The number of aliphatic hydroxyl groups excluding tert-OH is 1. The first kappa shape index (κ1) is 25.8. The number of aromatic nitrogens is 3. The number of halogens is 2. The van der Waals surface area contributed by atoms with Gasteiger partial charge in [-0.3, -0.25) is 0 Å². The van der Waals surface area contributed by atoms with Gasteiger partial charge in [-0.05, 0) is 51.9 Å². The van der Waals surface area contributed by atoms with Crippen LogP contribution in [-0.2, 0) is 4.74 Å². The number of anilines is 1. The average molecular weight is 532 g/mol. The largest absolute Gasteiger partial charge is 0.491 e. The second-order valence-corrected chi connectivity index (χ2v) is 10.2. The molecule has 37 heavy (non-hydrogen) atoms. The number of hydrogen-bond acceptors (Lipinski definition) is 9. The van der Waals surface area contributed by atoms with Crippen molar-refractivity contribution < 1.29 is 23.5 Å². The van der Waals surface area contributed by atoms with Gasteiger partial charge in [-0.25, -0.2) is 14.4 Å². The van der Waals surface area contributed by atoms with Crippen LogP contribution in [-0.4, -0.2) is 72.8 Å². The molecule has 1 atom stereocenters. The van der Waals surface area contributed by atoms with Gasteiger partial charge in [0.2, 0.25) is 0 Å². The van der Waals surface area contributed by atoms with Crippen molar-refractivity contribution in [3.05, 3.63) is 40.5 Å². The summed E-state index contributed by atoms with van der Waals surface area (Å²) >= 11 is 6.91. The molecule has 11 heteroatoms. The van der Waals surface area contributed by atoms with E-state index in [4.69, 9.17) is 35.6 Å². The van der Waals surface area contributed by atoms with E-state index in [1.165, 1.54) is 12.1 Å². The van der Waals surface area contributed by atoms with E-state index in [1.54, 1.807) is 20.0 Å². The zero-order valence-electron chi connectivity index (χ0n) is 21.2. The SMILES string of the molecule is CNCC(O)COc1ccc(F)c(-c2nc(-c3c(C)noc3C)c(Cl)c(N3CC4(CCOCC4)C3)n2)c1. The van der Waals surface area contributed by atoms with Gasteiger partial charge in [0.25, 0.3) is 0 Å². The highest BCUT2D eigenvalue weighted by molar-refractivity contribution is 6.35. The van der Waals surface area contributed by atoms with E-state index < -0.39 is 11.9 Å². The van der Waals surface area contributed by atoms with Gasteiger partial charge in [0.1, 0.15) is 40.8 Å². The number of hydrogen-bond donors (Lipinski definition) is 2. The van der Waals surface area contributed by atoms with Crippen molar-refractivity contribution >= 4 is 17.4 Å². The number of rotatable bonds is 8. The summed E-state index contributed by atoms with van der Waals surface area (Å²) < 4.78 is 31.8. The topological polar surface area (TPSA) is 106 Å². The van der Waals surface area contributed by atoms with Gasteiger partial charge in [-0.2, -0.15) is 0 Å². The van der Waals surface area contributed by atoms with Crippen molar-refractivity contribution in [1.82, 2.24) is 20.4 Å². The number of ether oxygens (including phenoxy) is 2. The van der Waals surface area contributed by atoms with Crippen LogP contribution in [0.4, 0.5) is 10.2 Å². The van der Waals surface area contributed by atoms with Gasteiger partial charge in [0, 0.05) is 38.3 Å². The third-order valence-electron chi connectivity index (χ3n) is 7.07. The lowest BCUT2D eigenvalue weighted by Gasteiger charge is -2.53. The third-order valence-corrected chi connectivity index (χ3v) is 7.42. The predicted molar refractivity (Wildman–Crippen MR) is 138 cm³/mol. The minimum absolute atomic E-state index is 0.0581. The first-order chi connectivity index (χ1) is 17.8. The Labute approximate surface area is 219 Å². The van der Waals surface area contributed by atoms with Crippen LogP contribution in [0.5, 0.6) is 5.75 Å². The molecule has 9 nitrogen and oxygen atoms in total. The molecule has 5 rings (SSSR count). The Kier molecular flexibility index (Phi) is 7.35. The summed E-state index contributed by atoms with van der Waals surface area (Å²) in [4.78, 5) is 11.6. The molecule has 2 N–H and O–H groups in total. The van der Waals surface area contributed by atoms with Crippen LogP contribution in [0.25, 0.3) is 22.6 Å². The van der Waals surface area contributed by atoms with Gasteiger partial charge < -0.3 is 29.3 Å². The van der Waals surface area contributed by atoms with Crippen molar-refractivity contribution in [2.75, 3.05) is 51.4 Å². The summed E-state index contributed by atoms with van der Waals surface area (Å²) in [5.41, 5.74) is 2.10. The summed E-state index contributed by atoms with van der Waals surface area (Å²) in [5, 5.41) is 17.3. The lowest BCUT2D eigenvalue weighted by molar-refractivity contribution is -0.000445. The second kappa shape index (κ2) is 10.5. The Morgan fingerprint density at radius 3 is 2.68 bits per heavy atom. The number of nitrogens with zero attached hydrogens (tertiary/aromatic N) is 4. The maximum atomic E-state index is 15.1. The zero-order valence-corrected chi connectivity index (χ0v) is 21.9. The number of aliphatic hydroxyl groups is 1. The molecule has 3 aromatic rings. The standard InChI is InChI=1S/C26H31ClFN5O4/c1-15-21(16(2)37-32-15)23-22(27)25(33-13-26(14-33)6-8-35-9-7-26)31-24(30-23)19-10-18(4-5-20(19)28)36-12-17(34)11-29-3/h4-5,10,17,29,34H,6-9,11-14H2,1-3H3. The van der Waals surface area contributed by atoms with Gasteiger partial charge in [0.15, 0.2) is 11.6 Å². The average Bonchev–Trinajstić information content (AvgIpc) is 3.20. The highest BCUT2D eigenvalue weighted by Gasteiger charge is 2.45. The van der Waals surface area contributed by atoms with Gasteiger partial charge in [0.05, 0.1) is 16.8 Å². The summed E-state index contributed by atoms with van der Waals surface area (Å²) in [6, 6.07) is 4.37. The highest BCUT2D eigenvalue weighted by atomic mass is 35.5. The van der Waals surface area contributed by atoms with E-state index in [0.29, 0.717) is 45.8 Å². The van der Waals surface area contributed by atoms with Crippen LogP contribution in [0, 0.1) is 25.1 Å². The molecule has 1 unspecified atom stereocenters. The van der Waals surface area contributed by atoms with Crippen LogP contribution in [0.15, 0.2) is 22.7 Å². The van der Waals surface area contributed by atoms with Crippen LogP contribution >= 0.6 is 11.6 Å². The molecule has 2 fully saturated rings. The maximum absolute atomic E-state index is 15.1. The predicted octanol–water partition coefficient (Wildman–Crippen LogP) is 3.78. The Morgan fingerprint density at radius 1 is 1.24 bits per heavy atom. The lowest BCUT2D eigenvalue weighted by Crippen LogP contribution is -2.59. The third kappa shape index (κ3) is 5.16. The monoisotopic (exact) mass is 531 g/mol. The molecule has 0 bridgehead atoms. The molecule has 2 saturated heterocycles. The Bertz CT molecular complexity index is 1250. The Morgan fingerprint density at radius 2 is 2.00 bits per heavy atom. The molecule has 2 aromatic heterocycles. The molecule has 0 aliphatic carbocycles. The smallest absolute Gasteiger partial charge is 0.165 e. The van der Waals surface area contributed by atoms with Crippen molar-refractivity contribution in [2.45, 2.75) is 32.8 Å². The molecule has 2 aliphatic heterocycles. The first-order valence-electron chi connectivity index (χ1n) is 12.4. The van der Waals surface area contributed by atoms with Crippen LogP contribution < -0.4 is 15.0 Å². The van der Waals surface area contributed by atoms with Gasteiger partial charge in [-0.15, -0.1) is 0 Å². The minimum atomic E-state index is -0.702. The van der Waals surface area contributed by atoms with E-state index in [0.717, 1.165) is 39.1 Å². The Balaban J connectivity index is 1.54. The van der Waals surface area contributed by atoms with Crippen LogP contribution in [0.2, 0.25) is 5.02 Å². The highest BCUT2D eigenvalue weighted by Crippen LogP contribution is 2.46. The van der Waals surface area contributed by atoms with Gasteiger partial charge >= 0.3 is 0 Å². The summed E-state index contributed by atoms with van der Waals surface area (Å²) in [6.07, 6.45) is 1.28. The van der Waals surface area contributed by atoms with E-state index in [9.17, 15) is 5.11 Å². The summed E-state index contributed by atoms with van der Waals surface area (Å²) in [7, 11) is 1.74. The van der Waals surface area contributed by atoms with E-state index in [1.807, 2.05) is 6.92 Å². The fraction of sp³-hybridized carbons (Fsp3) is 0.500. The molecule has 1 aromatic carbocycles. The van der Waals surface area contributed by atoms with E-state index in [2.05, 4.69) is 15.4 Å². The second-order valence-electron chi connectivity index (χ2n) is 9.87. The van der Waals surface area contributed by atoms with Crippen molar-refractivity contribution in [1.29, 1.82) is 0 Å². The maximum Gasteiger partial charge on any atom is 0.165 e.